The van der Waals surface area contributed by atoms with E-state index in [0.717, 1.165) is 0 Å². The molecule has 0 amide bonds. The monoisotopic (exact) mass is 314 g/mol. The van der Waals surface area contributed by atoms with Gasteiger partial charge in [0.2, 0.25) is 0 Å². The van der Waals surface area contributed by atoms with Crippen molar-refractivity contribution in [3.05, 3.63) is 47.5 Å². The molecular formula is C16H14N2O5. The van der Waals surface area contributed by atoms with Crippen LogP contribution in [0.15, 0.2) is 46.6 Å². The predicted octanol–water partition coefficient (Wildman–Crippen LogP) is 3.50. The summed E-state index contributed by atoms with van der Waals surface area (Å²) in [5, 5.41) is 27.1. The fraction of sp³-hybridized carbons (Fsp3) is 0.125. The molecule has 2 aromatic carbocycles. The molecule has 0 aliphatic rings. The van der Waals surface area contributed by atoms with Crippen LogP contribution in [0, 0.1) is 0 Å². The zero-order valence-electron chi connectivity index (χ0n) is 12.5. The van der Waals surface area contributed by atoms with Gasteiger partial charge in [0.05, 0.1) is 24.0 Å². The Kier molecular flexibility index (Phi) is 4.70. The molecular weight excluding hydrogens is 300 g/mol. The Morgan fingerprint density at radius 1 is 0.913 bits per heavy atom. The number of hydrogen-bond donors (Lipinski definition) is 2. The summed E-state index contributed by atoms with van der Waals surface area (Å²) in [7, 11) is 1.20. The number of ether oxygens (including phenoxy) is 1. The second-order valence-electron chi connectivity index (χ2n) is 4.65. The minimum Gasteiger partial charge on any atom is -0.507 e. The van der Waals surface area contributed by atoms with Gasteiger partial charge in [-0.3, -0.25) is 4.79 Å². The molecule has 118 valence electrons. The van der Waals surface area contributed by atoms with E-state index in [1.54, 1.807) is 0 Å². The van der Waals surface area contributed by atoms with Gasteiger partial charge >= 0.3 is 5.97 Å². The van der Waals surface area contributed by atoms with Crippen LogP contribution in [0.1, 0.15) is 27.6 Å². The number of carbonyl (C=O) groups excluding carboxylic acids is 2. The van der Waals surface area contributed by atoms with Gasteiger partial charge in [0.15, 0.2) is 5.78 Å². The number of methoxy groups -OCH3 is 1. The molecule has 2 rings (SSSR count). The van der Waals surface area contributed by atoms with E-state index in [0.29, 0.717) is 11.4 Å². The number of aromatic hydroxyl groups is 2. The van der Waals surface area contributed by atoms with Gasteiger partial charge in [-0.1, -0.05) is 0 Å². The fourth-order valence-corrected chi connectivity index (χ4v) is 1.84. The first-order valence-electron chi connectivity index (χ1n) is 6.59. The summed E-state index contributed by atoms with van der Waals surface area (Å²) in [4.78, 5) is 22.9. The highest BCUT2D eigenvalue weighted by atomic mass is 16.5. The van der Waals surface area contributed by atoms with Crippen LogP contribution in [0.3, 0.4) is 0 Å². The Morgan fingerprint density at radius 2 is 1.39 bits per heavy atom. The van der Waals surface area contributed by atoms with Crippen molar-refractivity contribution in [1.82, 2.24) is 0 Å². The smallest absolute Gasteiger partial charge is 0.341 e. The first kappa shape index (κ1) is 16.2. The zero-order valence-corrected chi connectivity index (χ0v) is 12.5. The van der Waals surface area contributed by atoms with Gasteiger partial charge in [0.1, 0.15) is 17.1 Å². The van der Waals surface area contributed by atoms with E-state index >= 15 is 0 Å². The molecule has 0 aromatic heterocycles. The number of Topliss-reactive ketones (excluding diaryl/α,β-unsaturated/α-hetero) is 1. The highest BCUT2D eigenvalue weighted by Gasteiger charge is 2.12. The standard InChI is InChI=1S/C16H14N2O5/c1-9(19)12-7-10(3-5-14(12)20)17-18-11-4-6-15(21)13(8-11)16(22)23-2/h3-8,20-21H,1-2H3. The van der Waals surface area contributed by atoms with Crippen molar-refractivity contribution < 1.29 is 24.5 Å². The van der Waals surface area contributed by atoms with Gasteiger partial charge < -0.3 is 14.9 Å². The van der Waals surface area contributed by atoms with Crippen LogP contribution in [-0.4, -0.2) is 29.1 Å². The molecule has 0 bridgehead atoms. The van der Waals surface area contributed by atoms with Crippen LogP contribution < -0.4 is 0 Å². The molecule has 0 spiro atoms. The second-order valence-corrected chi connectivity index (χ2v) is 4.65. The van der Waals surface area contributed by atoms with E-state index in [1.807, 2.05) is 0 Å². The third kappa shape index (κ3) is 3.70. The van der Waals surface area contributed by atoms with Crippen LogP contribution in [0.4, 0.5) is 11.4 Å². The lowest BCUT2D eigenvalue weighted by atomic mass is 10.1. The number of azo groups is 1. The Hall–Kier alpha value is -3.22. The van der Waals surface area contributed by atoms with Gasteiger partial charge in [-0.15, -0.1) is 0 Å². The second kappa shape index (κ2) is 6.69. The average Bonchev–Trinajstić information content (AvgIpc) is 2.54. The highest BCUT2D eigenvalue weighted by Crippen LogP contribution is 2.28. The lowest BCUT2D eigenvalue weighted by Crippen LogP contribution is -2.00. The molecule has 0 saturated carbocycles. The van der Waals surface area contributed by atoms with Crippen molar-refractivity contribution >= 4 is 23.1 Å². The maximum absolute atomic E-state index is 11.5. The molecule has 0 atom stereocenters. The van der Waals surface area contributed by atoms with Crippen LogP contribution in [0.5, 0.6) is 11.5 Å². The normalized spacial score (nSPS) is 10.7. The number of phenols is 2. The van der Waals surface area contributed by atoms with Crippen LogP contribution in [0.2, 0.25) is 0 Å². The molecule has 0 saturated heterocycles. The van der Waals surface area contributed by atoms with Crippen molar-refractivity contribution in [2.24, 2.45) is 10.2 Å². The van der Waals surface area contributed by atoms with Crippen molar-refractivity contribution in [3.63, 3.8) is 0 Å². The number of ketones is 1. The van der Waals surface area contributed by atoms with Gasteiger partial charge in [0, 0.05) is 0 Å². The number of nitrogens with zero attached hydrogens (tertiary/aromatic N) is 2. The van der Waals surface area contributed by atoms with E-state index in [1.165, 1.54) is 50.4 Å². The molecule has 0 radical (unpaired) electrons. The summed E-state index contributed by atoms with van der Waals surface area (Å²) in [6, 6.07) is 8.35. The summed E-state index contributed by atoms with van der Waals surface area (Å²) < 4.78 is 4.55. The SMILES string of the molecule is COC(=O)c1cc(N=Nc2ccc(O)c(C(C)=O)c2)ccc1O. The molecule has 7 heteroatoms. The first-order chi connectivity index (χ1) is 10.9. The Balaban J connectivity index is 2.32. The first-order valence-corrected chi connectivity index (χ1v) is 6.59. The third-order valence-corrected chi connectivity index (χ3v) is 3.03. The fourth-order valence-electron chi connectivity index (χ4n) is 1.84. The van der Waals surface area contributed by atoms with E-state index in [-0.39, 0.29) is 28.4 Å². The Labute approximate surface area is 131 Å². The maximum atomic E-state index is 11.5. The number of hydrogen-bond acceptors (Lipinski definition) is 7. The molecule has 2 aromatic rings. The van der Waals surface area contributed by atoms with E-state index in [2.05, 4.69) is 15.0 Å². The van der Waals surface area contributed by atoms with Crippen LogP contribution >= 0.6 is 0 Å². The number of rotatable bonds is 4. The number of benzene rings is 2. The summed E-state index contributed by atoms with van der Waals surface area (Å²) >= 11 is 0. The highest BCUT2D eigenvalue weighted by molar-refractivity contribution is 5.97. The molecule has 23 heavy (non-hydrogen) atoms. The van der Waals surface area contributed by atoms with Crippen LogP contribution in [0.25, 0.3) is 0 Å². The van der Waals surface area contributed by atoms with Gasteiger partial charge in [0.25, 0.3) is 0 Å². The van der Waals surface area contributed by atoms with Gasteiger partial charge in [-0.2, -0.15) is 10.2 Å². The molecule has 0 fully saturated rings. The molecule has 0 unspecified atom stereocenters. The number of esters is 1. The summed E-state index contributed by atoms with van der Waals surface area (Å²) in [5.41, 5.74) is 0.794. The zero-order chi connectivity index (χ0) is 17.0. The third-order valence-electron chi connectivity index (χ3n) is 3.03. The molecule has 0 heterocycles. The minimum absolute atomic E-state index is 0.0286. The van der Waals surface area contributed by atoms with Crippen molar-refractivity contribution in [2.45, 2.75) is 6.92 Å². The lowest BCUT2D eigenvalue weighted by molar-refractivity contribution is 0.0597. The Morgan fingerprint density at radius 3 is 1.87 bits per heavy atom. The topological polar surface area (TPSA) is 109 Å². The predicted molar refractivity (Wildman–Crippen MR) is 81.7 cm³/mol. The lowest BCUT2D eigenvalue weighted by Gasteiger charge is -2.03. The molecule has 2 N–H and O–H groups in total. The molecule has 0 aliphatic heterocycles. The minimum atomic E-state index is -0.692. The average molecular weight is 314 g/mol. The van der Waals surface area contributed by atoms with Crippen molar-refractivity contribution in [1.29, 1.82) is 0 Å². The largest absolute Gasteiger partial charge is 0.507 e. The van der Waals surface area contributed by atoms with Gasteiger partial charge in [-0.25, -0.2) is 4.79 Å². The summed E-state index contributed by atoms with van der Waals surface area (Å²) in [5.74, 6) is -1.34. The Bertz CT molecular complexity index is 799. The molecule has 7 nitrogen and oxygen atoms in total. The quantitative estimate of drug-likeness (QED) is 0.510. The van der Waals surface area contributed by atoms with E-state index in [4.69, 9.17) is 0 Å². The number of phenolic OH excluding ortho intramolecular Hbond substituents is 2. The van der Waals surface area contributed by atoms with Crippen molar-refractivity contribution in [2.75, 3.05) is 7.11 Å². The van der Waals surface area contributed by atoms with Gasteiger partial charge in [-0.05, 0) is 43.3 Å². The van der Waals surface area contributed by atoms with Crippen LogP contribution in [-0.2, 0) is 4.74 Å². The van der Waals surface area contributed by atoms with E-state index in [9.17, 15) is 19.8 Å². The number of carbonyl (C=O) groups is 2. The maximum Gasteiger partial charge on any atom is 0.341 e. The van der Waals surface area contributed by atoms with Crippen molar-refractivity contribution in [3.8, 4) is 11.5 Å². The summed E-state index contributed by atoms with van der Waals surface area (Å²) in [6.45, 7) is 1.33. The van der Waals surface area contributed by atoms with E-state index < -0.39 is 5.97 Å². The molecule has 0 aliphatic carbocycles. The summed E-state index contributed by atoms with van der Waals surface area (Å²) in [6.07, 6.45) is 0.